The zero-order valence-corrected chi connectivity index (χ0v) is 15.4. The van der Waals surface area contributed by atoms with E-state index in [0.29, 0.717) is 11.8 Å². The van der Waals surface area contributed by atoms with Crippen LogP contribution in [0, 0.1) is 17.3 Å². The molecule has 1 saturated heterocycles. The van der Waals surface area contributed by atoms with Crippen LogP contribution in [0.2, 0.25) is 0 Å². The van der Waals surface area contributed by atoms with Crippen molar-refractivity contribution in [2.75, 3.05) is 31.1 Å². The van der Waals surface area contributed by atoms with Crippen LogP contribution >= 0.6 is 11.3 Å². The molecule has 0 bridgehead atoms. The van der Waals surface area contributed by atoms with Crippen LogP contribution in [0.4, 0.5) is 5.13 Å². The summed E-state index contributed by atoms with van der Waals surface area (Å²) in [6.45, 7) is 12.2. The molecule has 1 aliphatic heterocycles. The molecule has 1 amide bonds. The van der Waals surface area contributed by atoms with E-state index in [-0.39, 0.29) is 11.3 Å². The summed E-state index contributed by atoms with van der Waals surface area (Å²) in [4.78, 5) is 21.8. The highest BCUT2D eigenvalue weighted by atomic mass is 32.1. The van der Waals surface area contributed by atoms with E-state index in [0.717, 1.165) is 37.7 Å². The molecule has 23 heavy (non-hydrogen) atoms. The fourth-order valence-electron chi connectivity index (χ4n) is 3.72. The minimum absolute atomic E-state index is 0.107. The van der Waals surface area contributed by atoms with E-state index in [1.807, 2.05) is 11.6 Å². The molecule has 1 aliphatic carbocycles. The number of carbonyl (C=O) groups excluding carboxylic acids is 1. The van der Waals surface area contributed by atoms with Crippen LogP contribution in [0.15, 0.2) is 23.2 Å². The Labute approximate surface area is 143 Å². The summed E-state index contributed by atoms with van der Waals surface area (Å²) in [6, 6.07) is 0. The van der Waals surface area contributed by atoms with Gasteiger partial charge in [-0.25, -0.2) is 4.98 Å². The molecule has 1 aromatic heterocycles. The Balaban J connectivity index is 1.64. The Morgan fingerprint density at radius 3 is 2.74 bits per heavy atom. The van der Waals surface area contributed by atoms with Crippen molar-refractivity contribution in [2.45, 2.75) is 34.1 Å². The molecule has 2 atom stereocenters. The second-order valence-electron chi connectivity index (χ2n) is 7.55. The molecular weight excluding hydrogens is 306 g/mol. The summed E-state index contributed by atoms with van der Waals surface area (Å²) in [6.07, 6.45) is 5.15. The second-order valence-corrected chi connectivity index (χ2v) is 8.42. The zero-order chi connectivity index (χ0) is 16.6. The molecule has 4 nitrogen and oxygen atoms in total. The number of carbonyl (C=O) groups is 1. The maximum atomic E-state index is 13.0. The average molecular weight is 334 g/mol. The Morgan fingerprint density at radius 2 is 2.09 bits per heavy atom. The molecule has 0 spiro atoms. The van der Waals surface area contributed by atoms with Gasteiger partial charge in [0.15, 0.2) is 5.13 Å². The van der Waals surface area contributed by atoms with Gasteiger partial charge in [0.2, 0.25) is 5.91 Å². The van der Waals surface area contributed by atoms with Gasteiger partial charge >= 0.3 is 0 Å². The summed E-state index contributed by atoms with van der Waals surface area (Å²) in [7, 11) is 0. The third-order valence-corrected chi connectivity index (χ3v) is 6.02. The van der Waals surface area contributed by atoms with Crippen LogP contribution in [0.1, 0.15) is 34.1 Å². The first-order chi connectivity index (χ1) is 10.9. The van der Waals surface area contributed by atoms with Crippen molar-refractivity contribution in [1.29, 1.82) is 0 Å². The number of thiazole rings is 1. The van der Waals surface area contributed by atoms with Crippen molar-refractivity contribution in [2.24, 2.45) is 17.3 Å². The lowest BCUT2D eigenvalue weighted by molar-refractivity contribution is -0.133. The van der Waals surface area contributed by atoms with E-state index < -0.39 is 0 Å². The predicted molar refractivity (Wildman–Crippen MR) is 95.7 cm³/mol. The van der Waals surface area contributed by atoms with Crippen LogP contribution in [0.5, 0.6) is 0 Å². The Kier molecular flexibility index (Phi) is 4.50. The Hall–Kier alpha value is -1.36. The highest BCUT2D eigenvalue weighted by molar-refractivity contribution is 7.13. The van der Waals surface area contributed by atoms with Gasteiger partial charge in [0.25, 0.3) is 0 Å². The van der Waals surface area contributed by atoms with Crippen LogP contribution in [0.3, 0.4) is 0 Å². The lowest BCUT2D eigenvalue weighted by Crippen LogP contribution is -2.37. The van der Waals surface area contributed by atoms with Crippen LogP contribution in [-0.4, -0.2) is 42.0 Å². The molecule has 2 heterocycles. The highest BCUT2D eigenvalue weighted by Crippen LogP contribution is 2.60. The quantitative estimate of drug-likeness (QED) is 0.795. The summed E-state index contributed by atoms with van der Waals surface area (Å²) in [5, 5.41) is 3.09. The minimum atomic E-state index is 0.107. The average Bonchev–Trinajstić information content (AvgIpc) is 2.81. The van der Waals surface area contributed by atoms with Crippen molar-refractivity contribution in [3.05, 3.63) is 23.2 Å². The van der Waals surface area contributed by atoms with E-state index >= 15 is 0 Å². The van der Waals surface area contributed by atoms with Crippen LogP contribution in [-0.2, 0) is 4.79 Å². The maximum Gasteiger partial charge on any atom is 0.226 e. The van der Waals surface area contributed by atoms with E-state index in [2.05, 4.69) is 48.6 Å². The monoisotopic (exact) mass is 333 g/mol. The molecule has 5 heteroatoms. The van der Waals surface area contributed by atoms with Gasteiger partial charge in [-0.15, -0.1) is 11.3 Å². The van der Waals surface area contributed by atoms with E-state index in [9.17, 15) is 4.79 Å². The van der Waals surface area contributed by atoms with Gasteiger partial charge in [0.05, 0.1) is 5.92 Å². The number of aromatic nitrogens is 1. The number of anilines is 1. The standard InChI is InChI=1S/C18H27N3OS/c1-13(2)12-14-15(18(14,3)4)16(22)20-7-5-8-21(10-9-20)17-19-6-11-23-17/h6,11-12,14-15H,5,7-10H2,1-4H3/t14-,15-/m0/s1. The Bertz CT molecular complexity index is 589. The number of hydrogen-bond donors (Lipinski definition) is 0. The number of amides is 1. The molecule has 0 N–H and O–H groups in total. The van der Waals surface area contributed by atoms with Crippen molar-refractivity contribution in [1.82, 2.24) is 9.88 Å². The molecule has 1 aromatic rings. The van der Waals surface area contributed by atoms with Crippen molar-refractivity contribution in [3.8, 4) is 0 Å². The lowest BCUT2D eigenvalue weighted by atomic mass is 10.1. The molecule has 126 valence electrons. The molecule has 3 rings (SSSR count). The molecule has 2 fully saturated rings. The van der Waals surface area contributed by atoms with Gasteiger partial charge in [-0.05, 0) is 31.6 Å². The molecular formula is C18H27N3OS. The molecule has 1 saturated carbocycles. The smallest absolute Gasteiger partial charge is 0.226 e. The summed E-state index contributed by atoms with van der Waals surface area (Å²) >= 11 is 1.68. The fourth-order valence-corrected chi connectivity index (χ4v) is 4.41. The van der Waals surface area contributed by atoms with Gasteiger partial charge in [-0.1, -0.05) is 25.5 Å². The molecule has 2 aliphatic rings. The summed E-state index contributed by atoms with van der Waals surface area (Å²) < 4.78 is 0. The highest BCUT2D eigenvalue weighted by Gasteiger charge is 2.61. The first-order valence-electron chi connectivity index (χ1n) is 8.49. The van der Waals surface area contributed by atoms with Gasteiger partial charge in [0.1, 0.15) is 0 Å². The van der Waals surface area contributed by atoms with E-state index in [4.69, 9.17) is 0 Å². The number of rotatable bonds is 3. The lowest BCUT2D eigenvalue weighted by Gasteiger charge is -2.22. The third kappa shape index (κ3) is 3.30. The number of allylic oxidation sites excluding steroid dienone is 2. The summed E-state index contributed by atoms with van der Waals surface area (Å²) in [5.74, 6) is 0.903. The second kappa shape index (κ2) is 6.27. The topological polar surface area (TPSA) is 36.4 Å². The van der Waals surface area contributed by atoms with Crippen molar-refractivity contribution >= 4 is 22.4 Å². The van der Waals surface area contributed by atoms with Crippen LogP contribution in [0.25, 0.3) is 0 Å². The molecule has 0 aromatic carbocycles. The minimum Gasteiger partial charge on any atom is -0.346 e. The number of hydrogen-bond acceptors (Lipinski definition) is 4. The third-order valence-electron chi connectivity index (χ3n) is 5.19. The van der Waals surface area contributed by atoms with E-state index in [1.54, 1.807) is 11.3 Å². The van der Waals surface area contributed by atoms with Gasteiger partial charge in [0, 0.05) is 37.8 Å². The Morgan fingerprint density at radius 1 is 1.30 bits per heavy atom. The predicted octanol–water partition coefficient (Wildman–Crippen LogP) is 3.42. The van der Waals surface area contributed by atoms with Crippen LogP contribution < -0.4 is 4.90 Å². The molecule has 0 unspecified atom stereocenters. The first-order valence-corrected chi connectivity index (χ1v) is 9.37. The largest absolute Gasteiger partial charge is 0.346 e. The van der Waals surface area contributed by atoms with Gasteiger partial charge in [-0.2, -0.15) is 0 Å². The maximum absolute atomic E-state index is 13.0. The van der Waals surface area contributed by atoms with Gasteiger partial charge in [-0.3, -0.25) is 4.79 Å². The van der Waals surface area contributed by atoms with Crippen molar-refractivity contribution < 1.29 is 4.79 Å². The first kappa shape index (κ1) is 16.5. The van der Waals surface area contributed by atoms with Crippen molar-refractivity contribution in [3.63, 3.8) is 0 Å². The summed E-state index contributed by atoms with van der Waals surface area (Å²) in [5.41, 5.74) is 1.42. The SMILES string of the molecule is CC(C)=C[C@H]1[C@@H](C(=O)N2CCCN(c3nccs3)CC2)C1(C)C. The normalized spacial score (nSPS) is 26.6. The fraction of sp³-hybridized carbons (Fsp3) is 0.667. The number of nitrogens with zero attached hydrogens (tertiary/aromatic N) is 3. The van der Waals surface area contributed by atoms with Gasteiger partial charge < -0.3 is 9.80 Å². The van der Waals surface area contributed by atoms with E-state index in [1.165, 1.54) is 5.57 Å². The zero-order valence-electron chi connectivity index (χ0n) is 14.6. The molecule has 0 radical (unpaired) electrons.